The van der Waals surface area contributed by atoms with Crippen LogP contribution in [-0.2, 0) is 0 Å². The summed E-state index contributed by atoms with van der Waals surface area (Å²) in [4.78, 5) is 21.1. The molecule has 1 aromatic carbocycles. The van der Waals surface area contributed by atoms with Crippen LogP contribution in [-0.4, -0.2) is 22.2 Å². The lowest BCUT2D eigenvalue weighted by Crippen LogP contribution is -2.02. The average molecular weight is 264 g/mol. The standard InChI is InChI=1S/C9H8O4.C6H12/c1-5-2-6(8(10)11)4-7(3-5)9(12)13;1-3-5-6-4-2/h2-4H,1H3,(H,10,11)(H,12,13);3H,1,4-6H2,2H3. The molecule has 19 heavy (non-hydrogen) atoms. The van der Waals surface area contributed by atoms with Crippen molar-refractivity contribution in [1.82, 2.24) is 0 Å². The Morgan fingerprint density at radius 3 is 1.89 bits per heavy atom. The summed E-state index contributed by atoms with van der Waals surface area (Å²) in [6.07, 6.45) is 5.72. The molecule has 0 spiro atoms. The molecule has 4 nitrogen and oxygen atoms in total. The van der Waals surface area contributed by atoms with Gasteiger partial charge in [-0.05, 0) is 37.1 Å². The number of aromatic carboxylic acids is 2. The number of carboxylic acids is 2. The summed E-state index contributed by atoms with van der Waals surface area (Å²) in [7, 11) is 0. The molecule has 0 saturated heterocycles. The fourth-order valence-electron chi connectivity index (χ4n) is 1.38. The number of aryl methyl sites for hydroxylation is 1. The molecule has 0 bridgehead atoms. The van der Waals surface area contributed by atoms with Crippen LogP contribution in [0.25, 0.3) is 0 Å². The number of unbranched alkanes of at least 4 members (excludes halogenated alkanes) is 2. The zero-order valence-corrected chi connectivity index (χ0v) is 11.3. The van der Waals surface area contributed by atoms with E-state index in [1.165, 1.54) is 31.4 Å². The van der Waals surface area contributed by atoms with E-state index >= 15 is 0 Å². The number of rotatable bonds is 5. The van der Waals surface area contributed by atoms with E-state index in [0.29, 0.717) is 5.56 Å². The second-order valence-corrected chi connectivity index (χ2v) is 4.13. The van der Waals surface area contributed by atoms with Gasteiger partial charge in [0.25, 0.3) is 0 Å². The monoisotopic (exact) mass is 264 g/mol. The first-order valence-corrected chi connectivity index (χ1v) is 6.11. The lowest BCUT2D eigenvalue weighted by Gasteiger charge is -1.99. The topological polar surface area (TPSA) is 74.6 Å². The summed E-state index contributed by atoms with van der Waals surface area (Å²) in [5.41, 5.74) is 0.618. The predicted molar refractivity (Wildman–Crippen MR) is 74.8 cm³/mol. The molecule has 0 saturated carbocycles. The summed E-state index contributed by atoms with van der Waals surface area (Å²) in [6, 6.07) is 3.99. The van der Waals surface area contributed by atoms with Gasteiger partial charge in [-0.2, -0.15) is 0 Å². The molecule has 0 aliphatic heterocycles. The van der Waals surface area contributed by atoms with Gasteiger partial charge in [-0.25, -0.2) is 9.59 Å². The van der Waals surface area contributed by atoms with Crippen LogP contribution in [0, 0.1) is 6.92 Å². The van der Waals surface area contributed by atoms with Crippen molar-refractivity contribution in [3.05, 3.63) is 47.5 Å². The Kier molecular flexibility index (Phi) is 7.93. The van der Waals surface area contributed by atoms with E-state index in [1.807, 2.05) is 6.08 Å². The summed E-state index contributed by atoms with van der Waals surface area (Å²) in [5, 5.41) is 17.2. The van der Waals surface area contributed by atoms with Gasteiger partial charge in [-0.3, -0.25) is 0 Å². The number of carboxylic acid groups (broad SMARTS) is 2. The quantitative estimate of drug-likeness (QED) is 0.627. The average Bonchev–Trinajstić information content (AvgIpc) is 2.36. The van der Waals surface area contributed by atoms with Crippen molar-refractivity contribution in [2.24, 2.45) is 0 Å². The van der Waals surface area contributed by atoms with Gasteiger partial charge in [0.15, 0.2) is 0 Å². The smallest absolute Gasteiger partial charge is 0.335 e. The molecule has 0 heterocycles. The van der Waals surface area contributed by atoms with Crippen molar-refractivity contribution in [2.75, 3.05) is 0 Å². The first-order chi connectivity index (χ1) is 8.92. The van der Waals surface area contributed by atoms with Crippen LogP contribution in [0.15, 0.2) is 30.9 Å². The summed E-state index contributed by atoms with van der Waals surface area (Å²) < 4.78 is 0. The molecule has 0 fully saturated rings. The Labute approximate surface area is 113 Å². The van der Waals surface area contributed by atoms with Crippen LogP contribution in [0.1, 0.15) is 52.5 Å². The van der Waals surface area contributed by atoms with E-state index in [0.717, 1.165) is 6.07 Å². The summed E-state index contributed by atoms with van der Waals surface area (Å²) >= 11 is 0. The van der Waals surface area contributed by atoms with Crippen LogP contribution in [0.5, 0.6) is 0 Å². The highest BCUT2D eigenvalue weighted by Crippen LogP contribution is 2.09. The first kappa shape index (κ1) is 16.9. The van der Waals surface area contributed by atoms with Gasteiger partial charge in [0, 0.05) is 0 Å². The van der Waals surface area contributed by atoms with Crippen molar-refractivity contribution in [3.63, 3.8) is 0 Å². The molecule has 4 heteroatoms. The van der Waals surface area contributed by atoms with E-state index < -0.39 is 11.9 Å². The van der Waals surface area contributed by atoms with Crippen LogP contribution in [0.4, 0.5) is 0 Å². The van der Waals surface area contributed by atoms with Gasteiger partial charge < -0.3 is 10.2 Å². The maximum Gasteiger partial charge on any atom is 0.335 e. The maximum atomic E-state index is 10.5. The molecule has 1 aromatic rings. The number of allylic oxidation sites excluding steroid dienone is 1. The maximum absolute atomic E-state index is 10.5. The second kappa shape index (κ2) is 8.91. The molecule has 0 aliphatic carbocycles. The largest absolute Gasteiger partial charge is 0.478 e. The Balaban J connectivity index is 0.000000459. The second-order valence-electron chi connectivity index (χ2n) is 4.13. The van der Waals surface area contributed by atoms with Crippen molar-refractivity contribution in [3.8, 4) is 0 Å². The minimum absolute atomic E-state index is 0.00241. The highest BCUT2D eigenvalue weighted by molar-refractivity contribution is 5.94. The molecule has 0 unspecified atom stereocenters. The fraction of sp³-hybridized carbons (Fsp3) is 0.333. The molecule has 0 atom stereocenters. The molecule has 104 valence electrons. The molecule has 2 N–H and O–H groups in total. The predicted octanol–water partition coefficient (Wildman–Crippen LogP) is 3.75. The number of hydrogen-bond donors (Lipinski definition) is 2. The van der Waals surface area contributed by atoms with Gasteiger partial charge in [0.05, 0.1) is 11.1 Å². The Morgan fingerprint density at radius 2 is 1.63 bits per heavy atom. The third kappa shape index (κ3) is 7.03. The van der Waals surface area contributed by atoms with Crippen molar-refractivity contribution >= 4 is 11.9 Å². The normalized spacial score (nSPS) is 9.16. The third-order valence-corrected chi connectivity index (χ3v) is 2.33. The Hall–Kier alpha value is -2.10. The minimum atomic E-state index is -1.12. The molecule has 0 aliphatic rings. The van der Waals surface area contributed by atoms with Crippen molar-refractivity contribution in [2.45, 2.75) is 33.1 Å². The molecule has 0 radical (unpaired) electrons. The van der Waals surface area contributed by atoms with Crippen molar-refractivity contribution in [1.29, 1.82) is 0 Å². The van der Waals surface area contributed by atoms with Gasteiger partial charge >= 0.3 is 11.9 Å². The van der Waals surface area contributed by atoms with E-state index in [2.05, 4.69) is 13.5 Å². The van der Waals surface area contributed by atoms with E-state index in [-0.39, 0.29) is 11.1 Å². The van der Waals surface area contributed by atoms with E-state index in [4.69, 9.17) is 10.2 Å². The first-order valence-electron chi connectivity index (χ1n) is 6.11. The van der Waals surface area contributed by atoms with Gasteiger partial charge in [-0.15, -0.1) is 6.58 Å². The van der Waals surface area contributed by atoms with Crippen LogP contribution in [0.2, 0.25) is 0 Å². The molecule has 1 rings (SSSR count). The highest BCUT2D eigenvalue weighted by atomic mass is 16.4. The van der Waals surface area contributed by atoms with Crippen LogP contribution in [0.3, 0.4) is 0 Å². The van der Waals surface area contributed by atoms with Crippen LogP contribution < -0.4 is 0 Å². The van der Waals surface area contributed by atoms with Crippen molar-refractivity contribution < 1.29 is 19.8 Å². The lowest BCUT2D eigenvalue weighted by molar-refractivity contribution is 0.0696. The number of carbonyl (C=O) groups is 2. The van der Waals surface area contributed by atoms with Crippen LogP contribution >= 0.6 is 0 Å². The molecule has 0 amide bonds. The van der Waals surface area contributed by atoms with Gasteiger partial charge in [0.1, 0.15) is 0 Å². The summed E-state index contributed by atoms with van der Waals surface area (Å²) in [6.45, 7) is 7.43. The van der Waals surface area contributed by atoms with Gasteiger partial charge in [0.2, 0.25) is 0 Å². The Bertz CT molecular complexity index is 417. The number of benzene rings is 1. The molecule has 0 aromatic heterocycles. The minimum Gasteiger partial charge on any atom is -0.478 e. The lowest BCUT2D eigenvalue weighted by atomic mass is 10.1. The van der Waals surface area contributed by atoms with E-state index in [9.17, 15) is 9.59 Å². The number of hydrogen-bond acceptors (Lipinski definition) is 2. The van der Waals surface area contributed by atoms with Gasteiger partial charge in [-0.1, -0.05) is 25.8 Å². The SMILES string of the molecule is C=CCCCC.Cc1cc(C(=O)O)cc(C(=O)O)c1. The zero-order valence-electron chi connectivity index (χ0n) is 11.3. The Morgan fingerprint density at radius 1 is 1.16 bits per heavy atom. The zero-order chi connectivity index (χ0) is 14.8. The molecular formula is C15H20O4. The fourth-order valence-corrected chi connectivity index (χ4v) is 1.38. The highest BCUT2D eigenvalue weighted by Gasteiger charge is 2.09. The molecular weight excluding hydrogens is 244 g/mol. The van der Waals surface area contributed by atoms with E-state index in [1.54, 1.807) is 6.92 Å². The summed E-state index contributed by atoms with van der Waals surface area (Å²) in [5.74, 6) is -2.24. The third-order valence-electron chi connectivity index (χ3n) is 2.33.